The Morgan fingerprint density at radius 2 is 2.11 bits per heavy atom. The molecule has 0 bridgehead atoms. The molecule has 0 radical (unpaired) electrons. The Labute approximate surface area is 132 Å². The van der Waals surface area contributed by atoms with E-state index in [1.165, 1.54) is 0 Å². The number of halogens is 2. The highest BCUT2D eigenvalue weighted by Crippen LogP contribution is 2.21. The van der Waals surface area contributed by atoms with Crippen molar-refractivity contribution < 1.29 is 4.79 Å². The van der Waals surface area contributed by atoms with Crippen molar-refractivity contribution in [3.05, 3.63) is 34.3 Å². The maximum Gasteiger partial charge on any atom is 0.224 e. The van der Waals surface area contributed by atoms with Crippen LogP contribution in [0.2, 0.25) is 0 Å². The largest absolute Gasteiger partial charge is 0.355 e. The van der Waals surface area contributed by atoms with Gasteiger partial charge in [0.05, 0.1) is 6.42 Å². The average molecular weight is 391 g/mol. The Morgan fingerprint density at radius 1 is 1.37 bits per heavy atom. The molecule has 0 spiro atoms. The van der Waals surface area contributed by atoms with E-state index >= 15 is 0 Å². The minimum atomic E-state index is 0.0880. The summed E-state index contributed by atoms with van der Waals surface area (Å²) in [5.41, 5.74) is 1.19. The smallest absolute Gasteiger partial charge is 0.224 e. The van der Waals surface area contributed by atoms with Gasteiger partial charge in [0.15, 0.2) is 0 Å². The molecule has 1 amide bonds. The molecule has 2 nitrogen and oxygen atoms in total. The van der Waals surface area contributed by atoms with Crippen molar-refractivity contribution in [2.75, 3.05) is 11.9 Å². The van der Waals surface area contributed by atoms with Crippen molar-refractivity contribution in [2.24, 2.45) is 5.41 Å². The molecular weight excluding hydrogens is 370 g/mol. The zero-order valence-electron chi connectivity index (χ0n) is 11.5. The van der Waals surface area contributed by atoms with Crippen molar-refractivity contribution in [1.29, 1.82) is 0 Å². The maximum atomic E-state index is 11.9. The molecule has 0 unspecified atom stereocenters. The normalized spacial score (nSPS) is 11.4. The third kappa shape index (κ3) is 7.11. The third-order valence-electron chi connectivity index (χ3n) is 3.01. The van der Waals surface area contributed by atoms with E-state index in [9.17, 15) is 4.79 Å². The van der Waals surface area contributed by atoms with Gasteiger partial charge in [0.25, 0.3) is 0 Å². The first-order valence-corrected chi connectivity index (χ1v) is 8.41. The summed E-state index contributed by atoms with van der Waals surface area (Å²) in [6.07, 6.45) is 2.68. The Morgan fingerprint density at radius 3 is 2.74 bits per heavy atom. The number of rotatable bonds is 7. The van der Waals surface area contributed by atoms with Gasteiger partial charge in [-0.1, -0.05) is 57.8 Å². The molecule has 1 rings (SSSR count). The van der Waals surface area contributed by atoms with Crippen LogP contribution in [0.3, 0.4) is 0 Å². The molecule has 1 aromatic rings. The molecule has 0 atom stereocenters. The topological polar surface area (TPSA) is 29.1 Å². The van der Waals surface area contributed by atoms with Crippen LogP contribution in [-0.2, 0) is 11.2 Å². The molecule has 0 fully saturated rings. The van der Waals surface area contributed by atoms with Crippen molar-refractivity contribution in [2.45, 2.75) is 33.1 Å². The minimum Gasteiger partial charge on any atom is -0.355 e. The second kappa shape index (κ2) is 8.05. The van der Waals surface area contributed by atoms with Crippen molar-refractivity contribution in [3.63, 3.8) is 0 Å². The van der Waals surface area contributed by atoms with Crippen LogP contribution in [-0.4, -0.2) is 17.8 Å². The molecule has 106 valence electrons. The molecule has 0 aromatic heterocycles. The number of nitrogens with one attached hydrogen (secondary N) is 1. The summed E-state index contributed by atoms with van der Waals surface area (Å²) in [7, 11) is 0. The highest BCUT2D eigenvalue weighted by atomic mass is 79.9. The van der Waals surface area contributed by atoms with E-state index in [-0.39, 0.29) is 11.3 Å². The van der Waals surface area contributed by atoms with Gasteiger partial charge in [0.1, 0.15) is 0 Å². The van der Waals surface area contributed by atoms with Crippen LogP contribution in [0.5, 0.6) is 0 Å². The van der Waals surface area contributed by atoms with Gasteiger partial charge in [-0.05, 0) is 36.0 Å². The molecule has 0 aliphatic rings. The molecule has 0 saturated carbocycles. The van der Waals surface area contributed by atoms with Crippen LogP contribution in [0, 0.1) is 5.41 Å². The fourth-order valence-electron chi connectivity index (χ4n) is 1.87. The summed E-state index contributed by atoms with van der Waals surface area (Å²) in [4.78, 5) is 11.9. The van der Waals surface area contributed by atoms with Gasteiger partial charge in [-0.15, -0.1) is 0 Å². The maximum absolute atomic E-state index is 11.9. The lowest BCUT2D eigenvalue weighted by molar-refractivity contribution is -0.120. The Hall–Kier alpha value is -0.350. The summed E-state index contributed by atoms with van der Waals surface area (Å²) in [5.74, 6) is 0.0880. The van der Waals surface area contributed by atoms with Crippen molar-refractivity contribution in [1.82, 2.24) is 5.32 Å². The molecule has 0 aliphatic heterocycles. The van der Waals surface area contributed by atoms with E-state index in [4.69, 9.17) is 0 Å². The van der Waals surface area contributed by atoms with Gasteiger partial charge in [-0.2, -0.15) is 0 Å². The number of alkyl halides is 1. The quantitative estimate of drug-likeness (QED) is 0.690. The van der Waals surface area contributed by atoms with Crippen LogP contribution >= 0.6 is 31.9 Å². The molecule has 19 heavy (non-hydrogen) atoms. The number of carbonyl (C=O) groups excluding carboxylic acids is 1. The summed E-state index contributed by atoms with van der Waals surface area (Å²) in [6.45, 7) is 5.11. The number of benzene rings is 1. The van der Waals surface area contributed by atoms with Gasteiger partial charge in [-0.3, -0.25) is 4.79 Å². The van der Waals surface area contributed by atoms with E-state index in [1.807, 2.05) is 24.3 Å². The number of hydrogen-bond donors (Lipinski definition) is 1. The summed E-state index contributed by atoms with van der Waals surface area (Å²) < 4.78 is 1.01. The van der Waals surface area contributed by atoms with Gasteiger partial charge in [0, 0.05) is 16.3 Å². The minimum absolute atomic E-state index is 0.0880. The van der Waals surface area contributed by atoms with Gasteiger partial charge in [0.2, 0.25) is 5.91 Å². The van der Waals surface area contributed by atoms with E-state index < -0.39 is 0 Å². The lowest BCUT2D eigenvalue weighted by atomic mass is 9.88. The van der Waals surface area contributed by atoms with Gasteiger partial charge >= 0.3 is 0 Å². The van der Waals surface area contributed by atoms with E-state index in [1.54, 1.807) is 0 Å². The Kier molecular flexibility index (Phi) is 7.08. The lowest BCUT2D eigenvalue weighted by Gasteiger charge is -2.24. The number of amides is 1. The average Bonchev–Trinajstić information content (AvgIpc) is 2.34. The van der Waals surface area contributed by atoms with E-state index in [0.29, 0.717) is 6.42 Å². The Balaban J connectivity index is 2.39. The van der Waals surface area contributed by atoms with Crippen LogP contribution < -0.4 is 5.32 Å². The first-order chi connectivity index (χ1) is 8.93. The molecule has 1 aromatic carbocycles. The van der Waals surface area contributed by atoms with Gasteiger partial charge < -0.3 is 5.32 Å². The SMILES string of the molecule is CC(C)(CCCBr)CNC(=O)Cc1cccc(Br)c1. The zero-order chi connectivity index (χ0) is 14.3. The highest BCUT2D eigenvalue weighted by Gasteiger charge is 2.18. The molecule has 4 heteroatoms. The molecule has 0 saturated heterocycles. The summed E-state index contributed by atoms with van der Waals surface area (Å²) in [6, 6.07) is 7.87. The second-order valence-electron chi connectivity index (χ2n) is 5.54. The predicted molar refractivity (Wildman–Crippen MR) is 87.7 cm³/mol. The molecule has 0 heterocycles. The first-order valence-electron chi connectivity index (χ1n) is 6.50. The third-order valence-corrected chi connectivity index (χ3v) is 4.06. The summed E-state index contributed by atoms with van der Waals surface area (Å²) in [5, 5.41) is 4.05. The summed E-state index contributed by atoms with van der Waals surface area (Å²) >= 11 is 6.86. The van der Waals surface area contributed by atoms with Crippen molar-refractivity contribution >= 4 is 37.8 Å². The fraction of sp³-hybridized carbons (Fsp3) is 0.533. The van der Waals surface area contributed by atoms with Crippen LogP contribution in [0.15, 0.2) is 28.7 Å². The fourth-order valence-corrected chi connectivity index (χ4v) is 2.59. The van der Waals surface area contributed by atoms with Crippen molar-refractivity contribution in [3.8, 4) is 0 Å². The number of carbonyl (C=O) groups is 1. The monoisotopic (exact) mass is 389 g/mol. The lowest BCUT2D eigenvalue weighted by Crippen LogP contribution is -2.34. The second-order valence-corrected chi connectivity index (χ2v) is 7.25. The molecule has 0 aliphatic carbocycles. The predicted octanol–water partition coefficient (Wildman–Crippen LogP) is 4.31. The Bertz CT molecular complexity index is 418. The van der Waals surface area contributed by atoms with E-state index in [2.05, 4.69) is 51.0 Å². The standard InChI is InChI=1S/C15H21Br2NO/c1-15(2,7-4-8-16)11-18-14(19)10-12-5-3-6-13(17)9-12/h3,5-6,9H,4,7-8,10-11H2,1-2H3,(H,18,19). The van der Waals surface area contributed by atoms with Crippen LogP contribution in [0.1, 0.15) is 32.3 Å². The molecular formula is C15H21Br2NO. The van der Waals surface area contributed by atoms with Crippen LogP contribution in [0.25, 0.3) is 0 Å². The zero-order valence-corrected chi connectivity index (χ0v) is 14.7. The van der Waals surface area contributed by atoms with Gasteiger partial charge in [-0.25, -0.2) is 0 Å². The first kappa shape index (κ1) is 16.7. The van der Waals surface area contributed by atoms with E-state index in [0.717, 1.165) is 34.8 Å². The molecule has 1 N–H and O–H groups in total. The number of hydrogen-bond acceptors (Lipinski definition) is 1. The highest BCUT2D eigenvalue weighted by molar-refractivity contribution is 9.10. The van der Waals surface area contributed by atoms with Crippen LogP contribution in [0.4, 0.5) is 0 Å².